The van der Waals surface area contributed by atoms with Crippen molar-refractivity contribution in [2.45, 2.75) is 11.5 Å². The maximum atomic E-state index is 13.3. The molecule has 0 saturated carbocycles. The largest absolute Gasteiger partial charge is 0.497 e. The molecule has 3 aromatic rings. The number of pyridine rings is 1. The summed E-state index contributed by atoms with van der Waals surface area (Å²) in [5.41, 5.74) is 1.52. The maximum Gasteiger partial charge on any atom is 0.253 e. The van der Waals surface area contributed by atoms with Gasteiger partial charge in [-0.1, -0.05) is 0 Å². The Labute approximate surface area is 204 Å². The van der Waals surface area contributed by atoms with Crippen LogP contribution in [0.15, 0.2) is 71.9 Å². The lowest BCUT2D eigenvalue weighted by Crippen LogP contribution is -2.50. The summed E-state index contributed by atoms with van der Waals surface area (Å²) < 4.78 is 44.1. The second kappa shape index (κ2) is 10.7. The summed E-state index contributed by atoms with van der Waals surface area (Å²) in [5.74, 6) is 1.17. The lowest BCUT2D eigenvalue weighted by Gasteiger charge is -2.34. The molecule has 2 heterocycles. The van der Waals surface area contributed by atoms with E-state index in [1.807, 2.05) is 12.1 Å². The zero-order chi connectivity index (χ0) is 24.8. The van der Waals surface area contributed by atoms with Crippen molar-refractivity contribution >= 4 is 15.9 Å². The number of rotatable bonds is 8. The summed E-state index contributed by atoms with van der Waals surface area (Å²) in [7, 11) is -0.918. The molecular weight excluding hydrogens is 470 g/mol. The number of ether oxygens (including phenoxy) is 3. The smallest absolute Gasteiger partial charge is 0.253 e. The molecule has 184 valence electrons. The maximum absolute atomic E-state index is 13.3. The molecule has 0 atom stereocenters. The molecule has 0 bridgehead atoms. The van der Waals surface area contributed by atoms with Gasteiger partial charge in [0, 0.05) is 50.2 Å². The first-order chi connectivity index (χ1) is 16.9. The van der Waals surface area contributed by atoms with Gasteiger partial charge in [-0.2, -0.15) is 4.31 Å². The Bertz CT molecular complexity index is 1260. The Hall–Kier alpha value is -3.63. The molecular formula is C25H27N3O6S. The highest BCUT2D eigenvalue weighted by molar-refractivity contribution is 7.89. The first-order valence-corrected chi connectivity index (χ1v) is 12.5. The number of carbonyl (C=O) groups is 1. The minimum absolute atomic E-state index is 0.0430. The average Bonchev–Trinajstić information content (AvgIpc) is 2.92. The van der Waals surface area contributed by atoms with Crippen molar-refractivity contribution in [2.24, 2.45) is 0 Å². The van der Waals surface area contributed by atoms with Crippen LogP contribution < -0.4 is 14.2 Å². The van der Waals surface area contributed by atoms with Gasteiger partial charge in [-0.25, -0.2) is 8.42 Å². The Kier molecular flexibility index (Phi) is 7.52. The van der Waals surface area contributed by atoms with Crippen LogP contribution >= 0.6 is 0 Å². The molecule has 0 unspecified atom stereocenters. The van der Waals surface area contributed by atoms with Crippen molar-refractivity contribution in [3.8, 4) is 17.2 Å². The lowest BCUT2D eigenvalue weighted by atomic mass is 10.2. The standard InChI is InChI=1S/C25H27N3O6S/c1-32-22-7-8-23(33-2)24(17-22)35(30,31)28-15-13-27(14-16-28)25(29)20-3-5-21(6-4-20)34-18-19-9-11-26-12-10-19/h3-12,17H,13-16,18H2,1-2H3. The van der Waals surface area contributed by atoms with Crippen molar-refractivity contribution < 1.29 is 27.4 Å². The molecule has 1 saturated heterocycles. The molecule has 0 radical (unpaired) electrons. The first kappa shape index (κ1) is 24.5. The van der Waals surface area contributed by atoms with Gasteiger partial charge in [0.25, 0.3) is 5.91 Å². The average molecular weight is 498 g/mol. The predicted molar refractivity (Wildman–Crippen MR) is 129 cm³/mol. The van der Waals surface area contributed by atoms with E-state index in [0.717, 1.165) is 5.56 Å². The van der Waals surface area contributed by atoms with Crippen molar-refractivity contribution in [2.75, 3.05) is 40.4 Å². The molecule has 9 nitrogen and oxygen atoms in total. The number of benzene rings is 2. The number of carbonyl (C=O) groups excluding carboxylic acids is 1. The third-order valence-electron chi connectivity index (χ3n) is 5.77. The summed E-state index contributed by atoms with van der Waals surface area (Å²) >= 11 is 0. The quantitative estimate of drug-likeness (QED) is 0.472. The number of nitrogens with zero attached hydrogens (tertiary/aromatic N) is 3. The zero-order valence-electron chi connectivity index (χ0n) is 19.6. The van der Waals surface area contributed by atoms with Crippen LogP contribution in [0.1, 0.15) is 15.9 Å². The van der Waals surface area contributed by atoms with E-state index in [2.05, 4.69) is 4.98 Å². The van der Waals surface area contributed by atoms with E-state index in [-0.39, 0.29) is 42.7 Å². The van der Waals surface area contributed by atoms with Gasteiger partial charge >= 0.3 is 0 Å². The summed E-state index contributed by atoms with van der Waals surface area (Å²) in [6.45, 7) is 1.34. The van der Waals surface area contributed by atoms with E-state index in [0.29, 0.717) is 23.7 Å². The number of hydrogen-bond acceptors (Lipinski definition) is 7. The van der Waals surface area contributed by atoms with Crippen LogP contribution in [0.3, 0.4) is 0 Å². The fourth-order valence-electron chi connectivity index (χ4n) is 3.78. The molecule has 0 N–H and O–H groups in total. The summed E-state index contributed by atoms with van der Waals surface area (Å²) in [5, 5.41) is 0. The Morgan fingerprint density at radius 3 is 2.17 bits per heavy atom. The van der Waals surface area contributed by atoms with E-state index < -0.39 is 10.0 Å². The monoisotopic (exact) mass is 497 g/mol. The van der Waals surface area contributed by atoms with Crippen LogP contribution in [0.2, 0.25) is 0 Å². The zero-order valence-corrected chi connectivity index (χ0v) is 20.4. The van der Waals surface area contributed by atoms with Crippen molar-refractivity contribution in [1.29, 1.82) is 0 Å². The fourth-order valence-corrected chi connectivity index (χ4v) is 5.37. The van der Waals surface area contributed by atoms with E-state index >= 15 is 0 Å². The van der Waals surface area contributed by atoms with E-state index in [4.69, 9.17) is 14.2 Å². The molecule has 0 spiro atoms. The topological polar surface area (TPSA) is 98.3 Å². The van der Waals surface area contributed by atoms with Gasteiger partial charge in [-0.15, -0.1) is 0 Å². The number of aromatic nitrogens is 1. The number of piperazine rings is 1. The molecule has 1 aliphatic heterocycles. The van der Waals surface area contributed by atoms with Gasteiger partial charge in [-0.05, 0) is 54.1 Å². The van der Waals surface area contributed by atoms with Gasteiger partial charge in [0.2, 0.25) is 10.0 Å². The third-order valence-corrected chi connectivity index (χ3v) is 7.69. The van der Waals surface area contributed by atoms with E-state index in [9.17, 15) is 13.2 Å². The van der Waals surface area contributed by atoms with Crippen LogP contribution in [-0.2, 0) is 16.6 Å². The lowest BCUT2D eigenvalue weighted by molar-refractivity contribution is 0.0697. The predicted octanol–water partition coefficient (Wildman–Crippen LogP) is 2.82. The Morgan fingerprint density at radius 1 is 0.886 bits per heavy atom. The molecule has 1 aromatic heterocycles. The minimum Gasteiger partial charge on any atom is -0.497 e. The first-order valence-electron chi connectivity index (χ1n) is 11.1. The van der Waals surface area contributed by atoms with Gasteiger partial charge < -0.3 is 19.1 Å². The molecule has 35 heavy (non-hydrogen) atoms. The Balaban J connectivity index is 1.37. The second-order valence-electron chi connectivity index (χ2n) is 7.88. The number of hydrogen-bond donors (Lipinski definition) is 0. The van der Waals surface area contributed by atoms with Crippen molar-refractivity contribution in [3.05, 3.63) is 78.1 Å². The van der Waals surface area contributed by atoms with Crippen LogP contribution in [0.4, 0.5) is 0 Å². The summed E-state index contributed by atoms with van der Waals surface area (Å²) in [4.78, 5) is 18.7. The highest BCUT2D eigenvalue weighted by atomic mass is 32.2. The number of methoxy groups -OCH3 is 2. The molecule has 10 heteroatoms. The second-order valence-corrected chi connectivity index (χ2v) is 9.79. The van der Waals surface area contributed by atoms with E-state index in [1.165, 1.54) is 24.6 Å². The highest BCUT2D eigenvalue weighted by Crippen LogP contribution is 2.31. The van der Waals surface area contributed by atoms with Gasteiger partial charge in [0.05, 0.1) is 14.2 Å². The summed E-state index contributed by atoms with van der Waals surface area (Å²) in [6.07, 6.45) is 3.41. The molecule has 1 fully saturated rings. The molecule has 1 amide bonds. The highest BCUT2D eigenvalue weighted by Gasteiger charge is 2.32. The van der Waals surface area contributed by atoms with Gasteiger partial charge in [0.15, 0.2) is 0 Å². The van der Waals surface area contributed by atoms with Gasteiger partial charge in [0.1, 0.15) is 28.8 Å². The Morgan fingerprint density at radius 2 is 1.54 bits per heavy atom. The SMILES string of the molecule is COc1ccc(OC)c(S(=O)(=O)N2CCN(C(=O)c3ccc(OCc4ccncc4)cc3)CC2)c1. The van der Waals surface area contributed by atoms with E-state index in [1.54, 1.807) is 53.7 Å². The normalized spacial score (nSPS) is 14.4. The molecule has 2 aromatic carbocycles. The molecule has 1 aliphatic rings. The van der Waals surface area contributed by atoms with Crippen LogP contribution in [-0.4, -0.2) is 68.9 Å². The van der Waals surface area contributed by atoms with Crippen LogP contribution in [0.5, 0.6) is 17.2 Å². The van der Waals surface area contributed by atoms with Crippen LogP contribution in [0.25, 0.3) is 0 Å². The molecule has 0 aliphatic carbocycles. The minimum atomic E-state index is -3.82. The van der Waals surface area contributed by atoms with Crippen molar-refractivity contribution in [3.63, 3.8) is 0 Å². The van der Waals surface area contributed by atoms with Crippen LogP contribution in [0, 0.1) is 0 Å². The van der Waals surface area contributed by atoms with Gasteiger partial charge in [-0.3, -0.25) is 9.78 Å². The van der Waals surface area contributed by atoms with Crippen molar-refractivity contribution in [1.82, 2.24) is 14.2 Å². The number of sulfonamides is 1. The summed E-state index contributed by atoms with van der Waals surface area (Å²) in [6, 6.07) is 15.4. The number of amides is 1. The fraction of sp³-hybridized carbons (Fsp3) is 0.280. The molecule has 4 rings (SSSR count). The third kappa shape index (κ3) is 5.55.